The van der Waals surface area contributed by atoms with Gasteiger partial charge in [-0.2, -0.15) is 0 Å². The Balaban J connectivity index is 2.95. The van der Waals surface area contributed by atoms with Crippen molar-refractivity contribution in [2.24, 2.45) is 0 Å². The smallest absolute Gasteiger partial charge is 0.142 e. The van der Waals surface area contributed by atoms with Gasteiger partial charge >= 0.3 is 0 Å². The maximum Gasteiger partial charge on any atom is 0.142 e. The van der Waals surface area contributed by atoms with Gasteiger partial charge in [0.2, 0.25) is 0 Å². The van der Waals surface area contributed by atoms with Gasteiger partial charge < -0.3 is 0 Å². The minimum absolute atomic E-state index is 0.116. The van der Waals surface area contributed by atoms with Crippen LogP contribution >= 0.6 is 23.2 Å². The third-order valence-corrected chi connectivity index (χ3v) is 2.49. The standard InChI is InChI=1S/C11H10Cl2O/c1-8(3-2-6-14)10-5-4-9(12)7-11(10)13/h2-8H,1H3/b3-2+. The van der Waals surface area contributed by atoms with E-state index in [1.165, 1.54) is 6.08 Å². The second kappa shape index (κ2) is 5.18. The third kappa shape index (κ3) is 2.86. The van der Waals surface area contributed by atoms with Gasteiger partial charge in [0.15, 0.2) is 0 Å². The lowest BCUT2D eigenvalue weighted by atomic mass is 10.0. The van der Waals surface area contributed by atoms with Crippen molar-refractivity contribution in [3.8, 4) is 0 Å². The molecule has 1 unspecified atom stereocenters. The molecule has 1 nitrogen and oxygen atoms in total. The van der Waals surface area contributed by atoms with Crippen molar-refractivity contribution in [3.63, 3.8) is 0 Å². The fourth-order valence-corrected chi connectivity index (χ4v) is 1.77. The van der Waals surface area contributed by atoms with Crippen LogP contribution in [0.15, 0.2) is 30.4 Å². The van der Waals surface area contributed by atoms with Crippen molar-refractivity contribution < 1.29 is 4.79 Å². The van der Waals surface area contributed by atoms with E-state index in [9.17, 15) is 4.79 Å². The fraction of sp³-hybridized carbons (Fsp3) is 0.182. The van der Waals surface area contributed by atoms with Crippen LogP contribution in [-0.2, 0) is 4.79 Å². The van der Waals surface area contributed by atoms with Crippen LogP contribution in [0.3, 0.4) is 0 Å². The van der Waals surface area contributed by atoms with Crippen LogP contribution in [0.25, 0.3) is 0 Å². The molecule has 0 amide bonds. The van der Waals surface area contributed by atoms with Crippen LogP contribution in [0, 0.1) is 0 Å². The van der Waals surface area contributed by atoms with Crippen molar-refractivity contribution >= 4 is 29.5 Å². The van der Waals surface area contributed by atoms with Crippen LogP contribution in [0.1, 0.15) is 18.4 Å². The Hall–Kier alpha value is -0.790. The zero-order chi connectivity index (χ0) is 10.6. The molecule has 0 aliphatic heterocycles. The van der Waals surface area contributed by atoms with Gasteiger partial charge in [-0.3, -0.25) is 4.79 Å². The largest absolute Gasteiger partial charge is 0.299 e. The predicted octanol–water partition coefficient (Wildman–Crippen LogP) is 3.85. The first kappa shape index (κ1) is 11.3. The van der Waals surface area contributed by atoms with E-state index < -0.39 is 0 Å². The van der Waals surface area contributed by atoms with E-state index in [1.807, 2.05) is 13.0 Å². The van der Waals surface area contributed by atoms with Gasteiger partial charge in [-0.15, -0.1) is 0 Å². The Morgan fingerprint density at radius 2 is 2.07 bits per heavy atom. The van der Waals surface area contributed by atoms with Crippen molar-refractivity contribution in [2.75, 3.05) is 0 Å². The molecule has 0 N–H and O–H groups in total. The molecule has 0 bridgehead atoms. The van der Waals surface area contributed by atoms with Crippen LogP contribution in [-0.4, -0.2) is 6.29 Å². The summed E-state index contributed by atoms with van der Waals surface area (Å²) >= 11 is 11.8. The number of benzene rings is 1. The lowest BCUT2D eigenvalue weighted by molar-refractivity contribution is -0.104. The van der Waals surface area contributed by atoms with E-state index >= 15 is 0 Å². The third-order valence-electron chi connectivity index (χ3n) is 1.93. The number of carbonyl (C=O) groups is 1. The highest BCUT2D eigenvalue weighted by Crippen LogP contribution is 2.27. The summed E-state index contributed by atoms with van der Waals surface area (Å²) in [5.41, 5.74) is 0.967. The molecule has 1 aromatic rings. The number of allylic oxidation sites excluding steroid dienone is 2. The van der Waals surface area contributed by atoms with Crippen molar-refractivity contribution in [2.45, 2.75) is 12.8 Å². The van der Waals surface area contributed by atoms with Crippen molar-refractivity contribution in [3.05, 3.63) is 46.0 Å². The first-order valence-corrected chi connectivity index (χ1v) is 4.97. The lowest BCUT2D eigenvalue weighted by Gasteiger charge is -2.08. The van der Waals surface area contributed by atoms with Gasteiger partial charge in [0.1, 0.15) is 6.29 Å². The van der Waals surface area contributed by atoms with E-state index in [1.54, 1.807) is 18.2 Å². The molecule has 0 saturated carbocycles. The Morgan fingerprint density at radius 1 is 1.36 bits per heavy atom. The SMILES string of the molecule is CC(/C=C/C=O)c1ccc(Cl)cc1Cl. The molecule has 0 radical (unpaired) electrons. The number of rotatable bonds is 3. The average Bonchev–Trinajstić information content (AvgIpc) is 2.14. The van der Waals surface area contributed by atoms with Crippen LogP contribution in [0.2, 0.25) is 10.0 Å². The van der Waals surface area contributed by atoms with Crippen molar-refractivity contribution in [1.82, 2.24) is 0 Å². The molecule has 0 aliphatic carbocycles. The van der Waals surface area contributed by atoms with Gasteiger partial charge in [0, 0.05) is 16.0 Å². The topological polar surface area (TPSA) is 17.1 Å². The Kier molecular flexibility index (Phi) is 4.18. The highest BCUT2D eigenvalue weighted by atomic mass is 35.5. The quantitative estimate of drug-likeness (QED) is 0.568. The average molecular weight is 229 g/mol. The number of halogens is 2. The van der Waals surface area contributed by atoms with Gasteiger partial charge in [0.05, 0.1) is 0 Å². The van der Waals surface area contributed by atoms with Crippen molar-refractivity contribution in [1.29, 1.82) is 0 Å². The Bertz CT molecular complexity index is 358. The zero-order valence-corrected chi connectivity index (χ0v) is 9.22. The van der Waals surface area contributed by atoms with E-state index in [-0.39, 0.29) is 5.92 Å². The minimum Gasteiger partial charge on any atom is -0.299 e. The predicted molar refractivity (Wildman–Crippen MR) is 60.1 cm³/mol. The molecule has 3 heteroatoms. The summed E-state index contributed by atoms with van der Waals surface area (Å²) in [5, 5.41) is 1.24. The number of carbonyl (C=O) groups excluding carboxylic acids is 1. The Labute approximate surface area is 93.3 Å². The summed E-state index contributed by atoms with van der Waals surface area (Å²) in [5.74, 6) is 0.116. The molecular formula is C11H10Cl2O. The molecule has 1 aromatic carbocycles. The summed E-state index contributed by atoms with van der Waals surface area (Å²) in [4.78, 5) is 10.1. The molecule has 0 aromatic heterocycles. The van der Waals surface area contributed by atoms with Gasteiger partial charge in [-0.1, -0.05) is 42.3 Å². The summed E-state index contributed by atoms with van der Waals surface area (Å²) in [6.07, 6.45) is 4.01. The molecule has 1 rings (SSSR count). The second-order valence-electron chi connectivity index (χ2n) is 2.98. The maximum absolute atomic E-state index is 10.1. The summed E-state index contributed by atoms with van der Waals surface area (Å²) in [7, 11) is 0. The molecular weight excluding hydrogens is 219 g/mol. The second-order valence-corrected chi connectivity index (χ2v) is 3.82. The van der Waals surface area contributed by atoms with Gasteiger partial charge in [-0.05, 0) is 23.8 Å². The monoisotopic (exact) mass is 228 g/mol. The van der Waals surface area contributed by atoms with E-state index in [0.717, 1.165) is 11.8 Å². The molecule has 0 aliphatic rings. The van der Waals surface area contributed by atoms with E-state index in [2.05, 4.69) is 0 Å². The zero-order valence-electron chi connectivity index (χ0n) is 7.71. The first-order chi connectivity index (χ1) is 6.65. The summed E-state index contributed by atoms with van der Waals surface area (Å²) in [6.45, 7) is 1.97. The molecule has 74 valence electrons. The fourth-order valence-electron chi connectivity index (χ4n) is 1.19. The summed E-state index contributed by atoms with van der Waals surface area (Å²) < 4.78 is 0. The Morgan fingerprint density at radius 3 is 2.64 bits per heavy atom. The van der Waals surface area contributed by atoms with Gasteiger partial charge in [0.25, 0.3) is 0 Å². The molecule has 0 fully saturated rings. The van der Waals surface area contributed by atoms with Crippen LogP contribution < -0.4 is 0 Å². The summed E-state index contributed by atoms with van der Waals surface area (Å²) in [6, 6.07) is 5.35. The minimum atomic E-state index is 0.116. The van der Waals surface area contributed by atoms with Crippen LogP contribution in [0.4, 0.5) is 0 Å². The lowest BCUT2D eigenvalue weighted by Crippen LogP contribution is -1.90. The maximum atomic E-state index is 10.1. The molecule has 14 heavy (non-hydrogen) atoms. The molecule has 0 saturated heterocycles. The number of aldehydes is 1. The van der Waals surface area contributed by atoms with Gasteiger partial charge in [-0.25, -0.2) is 0 Å². The normalized spacial score (nSPS) is 13.1. The highest BCUT2D eigenvalue weighted by molar-refractivity contribution is 6.35. The van der Waals surface area contributed by atoms with E-state index in [4.69, 9.17) is 23.2 Å². The van der Waals surface area contributed by atoms with Crippen LogP contribution in [0.5, 0.6) is 0 Å². The molecule has 0 heterocycles. The number of hydrogen-bond donors (Lipinski definition) is 0. The number of hydrogen-bond acceptors (Lipinski definition) is 1. The first-order valence-electron chi connectivity index (χ1n) is 4.22. The molecule has 0 spiro atoms. The highest BCUT2D eigenvalue weighted by Gasteiger charge is 2.06. The molecule has 1 atom stereocenters. The van der Waals surface area contributed by atoms with E-state index in [0.29, 0.717) is 10.0 Å².